The molecule has 0 aromatic heterocycles. The van der Waals surface area contributed by atoms with E-state index in [2.05, 4.69) is 18.7 Å². The highest BCUT2D eigenvalue weighted by Gasteiger charge is 2.28. The molecule has 1 saturated heterocycles. The predicted molar refractivity (Wildman–Crippen MR) is 56.8 cm³/mol. The van der Waals surface area contributed by atoms with E-state index < -0.39 is 0 Å². The molecule has 76 valence electrons. The average Bonchev–Trinajstić information content (AvgIpc) is 2.62. The Hall–Kier alpha value is -0.0400. The van der Waals surface area contributed by atoms with Gasteiger partial charge in [-0.15, -0.1) is 0 Å². The minimum Gasteiger partial charge on any atom is -0.300 e. The zero-order valence-corrected chi connectivity index (χ0v) is 9.13. The third kappa shape index (κ3) is 2.07. The van der Waals surface area contributed by atoms with E-state index in [1.54, 1.807) is 0 Å². The molecule has 0 aromatic rings. The first-order chi connectivity index (χ1) is 6.27. The SMILES string of the molecule is C[C@@H]1CN(C2CCCC2)CC[C@@H]1C. The smallest absolute Gasteiger partial charge is 0.00953 e. The van der Waals surface area contributed by atoms with Crippen LogP contribution in [0, 0.1) is 11.8 Å². The summed E-state index contributed by atoms with van der Waals surface area (Å²) in [6.07, 6.45) is 7.33. The van der Waals surface area contributed by atoms with Gasteiger partial charge in [0, 0.05) is 12.6 Å². The van der Waals surface area contributed by atoms with Crippen LogP contribution < -0.4 is 0 Å². The molecule has 2 rings (SSSR count). The van der Waals surface area contributed by atoms with E-state index in [0.717, 1.165) is 17.9 Å². The van der Waals surface area contributed by atoms with Crippen LogP contribution in [0.1, 0.15) is 46.0 Å². The molecular formula is C12H23N. The number of piperidine rings is 1. The van der Waals surface area contributed by atoms with Crippen LogP contribution in [0.5, 0.6) is 0 Å². The summed E-state index contributed by atoms with van der Waals surface area (Å²) in [5.74, 6) is 1.88. The zero-order valence-electron chi connectivity index (χ0n) is 9.13. The van der Waals surface area contributed by atoms with Gasteiger partial charge in [-0.25, -0.2) is 0 Å². The number of hydrogen-bond acceptors (Lipinski definition) is 1. The molecule has 0 aromatic carbocycles. The third-order valence-corrected chi connectivity index (χ3v) is 4.21. The summed E-state index contributed by atoms with van der Waals surface area (Å²) < 4.78 is 0. The van der Waals surface area contributed by atoms with Gasteiger partial charge in [-0.05, 0) is 37.6 Å². The second kappa shape index (κ2) is 4.00. The molecule has 0 unspecified atom stereocenters. The monoisotopic (exact) mass is 181 g/mol. The molecule has 1 aliphatic heterocycles. The van der Waals surface area contributed by atoms with Gasteiger partial charge in [-0.3, -0.25) is 0 Å². The molecule has 2 fully saturated rings. The van der Waals surface area contributed by atoms with Crippen molar-refractivity contribution in [1.82, 2.24) is 4.90 Å². The van der Waals surface area contributed by atoms with E-state index in [4.69, 9.17) is 0 Å². The van der Waals surface area contributed by atoms with Crippen molar-refractivity contribution in [2.75, 3.05) is 13.1 Å². The lowest BCUT2D eigenvalue weighted by Crippen LogP contribution is -2.43. The summed E-state index contributed by atoms with van der Waals surface area (Å²) in [6, 6.07) is 0.954. The van der Waals surface area contributed by atoms with Gasteiger partial charge in [0.05, 0.1) is 0 Å². The summed E-state index contributed by atoms with van der Waals surface area (Å²) in [4.78, 5) is 2.76. The van der Waals surface area contributed by atoms with E-state index in [1.807, 2.05) is 0 Å². The van der Waals surface area contributed by atoms with Gasteiger partial charge < -0.3 is 4.90 Å². The fraction of sp³-hybridized carbons (Fsp3) is 1.00. The first-order valence-electron chi connectivity index (χ1n) is 6.01. The molecule has 1 saturated carbocycles. The molecule has 1 aliphatic carbocycles. The Morgan fingerprint density at radius 1 is 0.923 bits per heavy atom. The average molecular weight is 181 g/mol. The number of nitrogens with zero attached hydrogens (tertiary/aromatic N) is 1. The number of likely N-dealkylation sites (tertiary alicyclic amines) is 1. The molecule has 0 amide bonds. The van der Waals surface area contributed by atoms with E-state index in [0.29, 0.717) is 0 Å². The first-order valence-corrected chi connectivity index (χ1v) is 6.01. The minimum atomic E-state index is 0.925. The van der Waals surface area contributed by atoms with Crippen molar-refractivity contribution >= 4 is 0 Å². The quantitative estimate of drug-likeness (QED) is 0.601. The van der Waals surface area contributed by atoms with Crippen molar-refractivity contribution in [2.45, 2.75) is 52.0 Å². The minimum absolute atomic E-state index is 0.925. The second-order valence-corrected chi connectivity index (χ2v) is 5.18. The predicted octanol–water partition coefficient (Wildman–Crippen LogP) is 2.91. The Morgan fingerprint density at radius 3 is 2.23 bits per heavy atom. The van der Waals surface area contributed by atoms with Crippen LogP contribution >= 0.6 is 0 Å². The van der Waals surface area contributed by atoms with E-state index in [1.165, 1.54) is 45.2 Å². The maximum absolute atomic E-state index is 2.76. The van der Waals surface area contributed by atoms with Crippen LogP contribution in [0.25, 0.3) is 0 Å². The standard InChI is InChI=1S/C12H23N/c1-10-7-8-13(9-11(10)2)12-5-3-4-6-12/h10-12H,3-9H2,1-2H3/t10-,11+/m0/s1. The van der Waals surface area contributed by atoms with E-state index in [-0.39, 0.29) is 0 Å². The highest BCUT2D eigenvalue weighted by atomic mass is 15.2. The van der Waals surface area contributed by atoms with Crippen molar-refractivity contribution in [3.8, 4) is 0 Å². The van der Waals surface area contributed by atoms with Gasteiger partial charge in [-0.2, -0.15) is 0 Å². The van der Waals surface area contributed by atoms with Gasteiger partial charge in [0.1, 0.15) is 0 Å². The van der Waals surface area contributed by atoms with Crippen molar-refractivity contribution in [2.24, 2.45) is 11.8 Å². The maximum atomic E-state index is 2.76. The summed E-state index contributed by atoms with van der Waals surface area (Å²) in [6.45, 7) is 7.57. The van der Waals surface area contributed by atoms with E-state index >= 15 is 0 Å². The Morgan fingerprint density at radius 2 is 1.62 bits per heavy atom. The molecule has 1 heteroatoms. The maximum Gasteiger partial charge on any atom is 0.00953 e. The first kappa shape index (κ1) is 9.51. The summed E-state index contributed by atoms with van der Waals surface area (Å²) in [5.41, 5.74) is 0. The van der Waals surface area contributed by atoms with Crippen LogP contribution in [0.3, 0.4) is 0 Å². The summed E-state index contributed by atoms with van der Waals surface area (Å²) >= 11 is 0. The molecular weight excluding hydrogens is 158 g/mol. The fourth-order valence-electron chi connectivity index (χ4n) is 2.90. The lowest BCUT2D eigenvalue weighted by Gasteiger charge is -2.38. The van der Waals surface area contributed by atoms with Gasteiger partial charge in [0.15, 0.2) is 0 Å². The molecule has 0 N–H and O–H groups in total. The van der Waals surface area contributed by atoms with Crippen molar-refractivity contribution in [1.29, 1.82) is 0 Å². The number of hydrogen-bond donors (Lipinski definition) is 0. The van der Waals surface area contributed by atoms with E-state index in [9.17, 15) is 0 Å². The van der Waals surface area contributed by atoms with Gasteiger partial charge in [0.25, 0.3) is 0 Å². The zero-order chi connectivity index (χ0) is 9.26. The number of rotatable bonds is 1. The third-order valence-electron chi connectivity index (χ3n) is 4.21. The Balaban J connectivity index is 1.87. The van der Waals surface area contributed by atoms with Crippen molar-refractivity contribution < 1.29 is 0 Å². The topological polar surface area (TPSA) is 3.24 Å². The fourth-order valence-corrected chi connectivity index (χ4v) is 2.90. The Kier molecular flexibility index (Phi) is 2.92. The Labute approximate surface area is 82.5 Å². The van der Waals surface area contributed by atoms with Crippen molar-refractivity contribution in [3.63, 3.8) is 0 Å². The van der Waals surface area contributed by atoms with Crippen LogP contribution in [0.15, 0.2) is 0 Å². The van der Waals surface area contributed by atoms with Crippen LogP contribution in [0.4, 0.5) is 0 Å². The largest absolute Gasteiger partial charge is 0.300 e. The van der Waals surface area contributed by atoms with Gasteiger partial charge >= 0.3 is 0 Å². The van der Waals surface area contributed by atoms with Crippen LogP contribution in [-0.2, 0) is 0 Å². The molecule has 0 radical (unpaired) electrons. The molecule has 0 bridgehead atoms. The molecule has 13 heavy (non-hydrogen) atoms. The van der Waals surface area contributed by atoms with Gasteiger partial charge in [-0.1, -0.05) is 26.7 Å². The van der Waals surface area contributed by atoms with Gasteiger partial charge in [0.2, 0.25) is 0 Å². The highest BCUT2D eigenvalue weighted by Crippen LogP contribution is 2.29. The highest BCUT2D eigenvalue weighted by molar-refractivity contribution is 4.83. The summed E-state index contributed by atoms with van der Waals surface area (Å²) in [5, 5.41) is 0. The molecule has 1 nitrogen and oxygen atoms in total. The Bertz CT molecular complexity index is 161. The lowest BCUT2D eigenvalue weighted by molar-refractivity contribution is 0.0977. The van der Waals surface area contributed by atoms with Crippen molar-refractivity contribution in [3.05, 3.63) is 0 Å². The summed E-state index contributed by atoms with van der Waals surface area (Å²) in [7, 11) is 0. The van der Waals surface area contributed by atoms with Crippen LogP contribution in [-0.4, -0.2) is 24.0 Å². The molecule has 2 atom stereocenters. The normalized spacial score (nSPS) is 38.3. The lowest BCUT2D eigenvalue weighted by atomic mass is 9.88. The van der Waals surface area contributed by atoms with Crippen LogP contribution in [0.2, 0.25) is 0 Å². The molecule has 1 heterocycles. The molecule has 2 aliphatic rings. The second-order valence-electron chi connectivity index (χ2n) is 5.18. The molecule has 0 spiro atoms.